The summed E-state index contributed by atoms with van der Waals surface area (Å²) in [5.41, 5.74) is 4.56. The van der Waals surface area contributed by atoms with Gasteiger partial charge < -0.3 is 4.74 Å². The summed E-state index contributed by atoms with van der Waals surface area (Å²) in [6.07, 6.45) is 6.42. The van der Waals surface area contributed by atoms with Gasteiger partial charge in [0, 0.05) is 16.7 Å². The Hall–Kier alpha value is -1.81. The van der Waals surface area contributed by atoms with Crippen LogP contribution in [0.5, 0.6) is 5.75 Å². The normalized spacial score (nSPS) is 24.6. The van der Waals surface area contributed by atoms with Crippen LogP contribution in [-0.4, -0.2) is 18.2 Å². The molecule has 0 aromatic heterocycles. The van der Waals surface area contributed by atoms with Crippen LogP contribution in [0.15, 0.2) is 35.5 Å². The van der Waals surface area contributed by atoms with E-state index in [4.69, 9.17) is 16.3 Å². The maximum atomic E-state index is 11.7. The van der Waals surface area contributed by atoms with Crippen LogP contribution >= 0.6 is 11.6 Å². The fraction of sp³-hybridized carbons (Fsp3) is 0.375. The van der Waals surface area contributed by atoms with Gasteiger partial charge in [0.15, 0.2) is 6.61 Å². The van der Waals surface area contributed by atoms with E-state index in [1.807, 2.05) is 6.92 Å². The highest BCUT2D eigenvalue weighted by atomic mass is 35.5. The van der Waals surface area contributed by atoms with Gasteiger partial charge in [0.2, 0.25) is 0 Å². The second kappa shape index (κ2) is 5.90. The van der Waals surface area contributed by atoms with Crippen LogP contribution in [0.25, 0.3) is 0 Å². The molecule has 0 saturated heterocycles. The Morgan fingerprint density at radius 2 is 2.38 bits per heavy atom. The summed E-state index contributed by atoms with van der Waals surface area (Å²) >= 11 is 5.87. The number of carbonyl (C=O) groups is 1. The molecule has 2 aliphatic rings. The molecule has 1 saturated carbocycles. The van der Waals surface area contributed by atoms with Crippen molar-refractivity contribution in [2.24, 2.45) is 16.9 Å². The summed E-state index contributed by atoms with van der Waals surface area (Å²) in [6, 6.07) is 5.30. The molecular formula is C16H17ClN2O2. The third-order valence-corrected chi connectivity index (χ3v) is 4.22. The molecule has 0 heterocycles. The van der Waals surface area contributed by atoms with Gasteiger partial charge in [-0.3, -0.25) is 4.79 Å². The predicted molar refractivity (Wildman–Crippen MR) is 82.6 cm³/mol. The van der Waals surface area contributed by atoms with Crippen LogP contribution in [0.2, 0.25) is 5.02 Å². The van der Waals surface area contributed by atoms with Gasteiger partial charge >= 0.3 is 0 Å². The second-order valence-electron chi connectivity index (χ2n) is 5.47. The Balaban J connectivity index is 1.47. The van der Waals surface area contributed by atoms with E-state index >= 15 is 0 Å². The van der Waals surface area contributed by atoms with Crippen LogP contribution in [0.3, 0.4) is 0 Å². The van der Waals surface area contributed by atoms with Crippen molar-refractivity contribution in [3.05, 3.63) is 40.9 Å². The van der Waals surface area contributed by atoms with E-state index < -0.39 is 0 Å². The largest absolute Gasteiger partial charge is 0.483 e. The number of fused-ring (bicyclic) bond motifs is 1. The van der Waals surface area contributed by atoms with Gasteiger partial charge in [-0.15, -0.1) is 0 Å². The molecule has 21 heavy (non-hydrogen) atoms. The van der Waals surface area contributed by atoms with E-state index in [0.29, 0.717) is 22.6 Å². The molecule has 1 fully saturated rings. The number of amides is 1. The third kappa shape index (κ3) is 3.10. The van der Waals surface area contributed by atoms with Gasteiger partial charge in [0.25, 0.3) is 5.91 Å². The molecule has 4 nitrogen and oxygen atoms in total. The van der Waals surface area contributed by atoms with E-state index in [1.54, 1.807) is 18.2 Å². The molecule has 1 N–H and O–H groups in total. The molecule has 0 spiro atoms. The average molecular weight is 305 g/mol. The molecular weight excluding hydrogens is 288 g/mol. The molecule has 0 unspecified atom stereocenters. The number of nitrogens with zero attached hydrogens (tertiary/aromatic N) is 1. The van der Waals surface area contributed by atoms with Gasteiger partial charge in [-0.05, 0) is 49.4 Å². The topological polar surface area (TPSA) is 50.7 Å². The Labute approximate surface area is 128 Å². The summed E-state index contributed by atoms with van der Waals surface area (Å²) in [7, 11) is 0. The van der Waals surface area contributed by atoms with E-state index in [-0.39, 0.29) is 12.5 Å². The summed E-state index contributed by atoms with van der Waals surface area (Å²) < 4.78 is 5.47. The minimum atomic E-state index is -0.244. The summed E-state index contributed by atoms with van der Waals surface area (Å²) in [4.78, 5) is 11.7. The van der Waals surface area contributed by atoms with Gasteiger partial charge in [0.1, 0.15) is 5.75 Å². The molecule has 1 aromatic rings. The highest BCUT2D eigenvalue weighted by Crippen LogP contribution is 2.40. The number of halogens is 1. The van der Waals surface area contributed by atoms with Crippen molar-refractivity contribution in [3.63, 3.8) is 0 Å². The van der Waals surface area contributed by atoms with Crippen LogP contribution in [0, 0.1) is 18.8 Å². The van der Waals surface area contributed by atoms with Crippen molar-refractivity contribution in [1.29, 1.82) is 0 Å². The Morgan fingerprint density at radius 1 is 1.52 bits per heavy atom. The molecule has 1 amide bonds. The molecule has 110 valence electrons. The standard InChI is InChI=1S/C16H17ClN2O2/c1-10-7-12(17)5-6-15(10)21-9-16(20)19-18-14-8-11-3-2-4-13(11)14/h2-3,5-7,11,13H,4,8-9H2,1H3,(H,19,20)/t11-,13+/m0/s1. The maximum Gasteiger partial charge on any atom is 0.277 e. The first kappa shape index (κ1) is 14.1. The number of hydrogen-bond acceptors (Lipinski definition) is 3. The lowest BCUT2D eigenvalue weighted by Crippen LogP contribution is -2.36. The number of hydrazone groups is 1. The van der Waals surface area contributed by atoms with Crippen molar-refractivity contribution >= 4 is 23.2 Å². The first-order chi connectivity index (χ1) is 10.1. The lowest BCUT2D eigenvalue weighted by molar-refractivity contribution is -0.123. The monoisotopic (exact) mass is 304 g/mol. The van der Waals surface area contributed by atoms with E-state index in [0.717, 1.165) is 24.1 Å². The number of hydrogen-bond donors (Lipinski definition) is 1. The smallest absolute Gasteiger partial charge is 0.277 e. The third-order valence-electron chi connectivity index (χ3n) is 3.98. The van der Waals surface area contributed by atoms with E-state index in [1.165, 1.54) is 0 Å². The molecule has 0 bridgehead atoms. The number of ether oxygens (including phenoxy) is 1. The lowest BCUT2D eigenvalue weighted by Gasteiger charge is -2.31. The zero-order valence-corrected chi connectivity index (χ0v) is 12.6. The fourth-order valence-corrected chi connectivity index (χ4v) is 2.97. The van der Waals surface area contributed by atoms with E-state index in [9.17, 15) is 4.79 Å². The SMILES string of the molecule is Cc1cc(Cl)ccc1OCC(=O)NN=C1C[C@@H]2C=CC[C@@H]12. The van der Waals surface area contributed by atoms with Crippen LogP contribution in [0.4, 0.5) is 0 Å². The predicted octanol–water partition coefficient (Wildman–Crippen LogP) is 3.10. The first-order valence-electron chi connectivity index (χ1n) is 7.04. The highest BCUT2D eigenvalue weighted by Gasteiger charge is 2.37. The number of benzene rings is 1. The van der Waals surface area contributed by atoms with Crippen molar-refractivity contribution < 1.29 is 9.53 Å². The van der Waals surface area contributed by atoms with Gasteiger partial charge in [-0.2, -0.15) is 5.10 Å². The minimum Gasteiger partial charge on any atom is -0.483 e. The van der Waals surface area contributed by atoms with Crippen LogP contribution in [-0.2, 0) is 4.79 Å². The quantitative estimate of drug-likeness (QED) is 0.686. The molecule has 2 aliphatic carbocycles. The van der Waals surface area contributed by atoms with Crippen LogP contribution < -0.4 is 10.2 Å². The second-order valence-corrected chi connectivity index (χ2v) is 5.91. The number of aryl methyl sites for hydroxylation is 1. The van der Waals surface area contributed by atoms with E-state index in [2.05, 4.69) is 22.7 Å². The molecule has 3 rings (SSSR count). The Kier molecular flexibility index (Phi) is 3.97. The molecule has 0 radical (unpaired) electrons. The Morgan fingerprint density at radius 3 is 3.14 bits per heavy atom. The van der Waals surface area contributed by atoms with Crippen molar-refractivity contribution in [1.82, 2.24) is 5.43 Å². The fourth-order valence-electron chi connectivity index (χ4n) is 2.75. The van der Waals surface area contributed by atoms with Gasteiger partial charge in [0.05, 0.1) is 0 Å². The Bertz CT molecular complexity index is 625. The maximum absolute atomic E-state index is 11.7. The summed E-state index contributed by atoms with van der Waals surface area (Å²) in [6.45, 7) is 1.84. The first-order valence-corrected chi connectivity index (χ1v) is 7.42. The molecule has 1 aromatic carbocycles. The molecule has 2 atom stereocenters. The van der Waals surface area contributed by atoms with Crippen LogP contribution in [0.1, 0.15) is 18.4 Å². The van der Waals surface area contributed by atoms with Crippen molar-refractivity contribution in [3.8, 4) is 5.75 Å². The van der Waals surface area contributed by atoms with Gasteiger partial charge in [-0.25, -0.2) is 5.43 Å². The zero-order chi connectivity index (χ0) is 14.8. The lowest BCUT2D eigenvalue weighted by atomic mass is 9.74. The number of rotatable bonds is 4. The highest BCUT2D eigenvalue weighted by molar-refractivity contribution is 6.30. The average Bonchev–Trinajstić information content (AvgIpc) is 2.79. The number of carbonyl (C=O) groups excluding carboxylic acids is 1. The zero-order valence-electron chi connectivity index (χ0n) is 11.8. The number of allylic oxidation sites excluding steroid dienone is 2. The van der Waals surface area contributed by atoms with Gasteiger partial charge in [-0.1, -0.05) is 23.8 Å². The molecule has 0 aliphatic heterocycles. The summed E-state index contributed by atoms with van der Waals surface area (Å²) in [5, 5.41) is 4.85. The van der Waals surface area contributed by atoms with Crippen molar-refractivity contribution in [2.45, 2.75) is 19.8 Å². The van der Waals surface area contributed by atoms with Crippen molar-refractivity contribution in [2.75, 3.05) is 6.61 Å². The minimum absolute atomic E-state index is 0.0500. The molecule has 5 heteroatoms. The number of nitrogens with one attached hydrogen (secondary N) is 1. The summed E-state index contributed by atoms with van der Waals surface area (Å²) in [5.74, 6) is 1.55.